The first-order valence-corrected chi connectivity index (χ1v) is 2.68. The van der Waals surface area contributed by atoms with E-state index in [4.69, 9.17) is 5.73 Å². The lowest BCUT2D eigenvalue weighted by Crippen LogP contribution is -2.08. The summed E-state index contributed by atoms with van der Waals surface area (Å²) in [4.78, 5) is 0. The Morgan fingerprint density at radius 1 is 1.86 bits per heavy atom. The Bertz CT molecular complexity index is 66.0. The van der Waals surface area contributed by atoms with Gasteiger partial charge < -0.3 is 10.5 Å². The van der Waals surface area contributed by atoms with Crippen LogP contribution in [0.15, 0.2) is 0 Å². The molecular weight excluding hydrogens is 130 g/mol. The summed E-state index contributed by atoms with van der Waals surface area (Å²) in [6.45, 7) is 0.947. The molecule has 0 saturated heterocycles. The van der Waals surface area contributed by atoms with Gasteiger partial charge in [-0.2, -0.15) is 0 Å². The van der Waals surface area contributed by atoms with E-state index in [9.17, 15) is 0 Å². The molecule has 0 saturated carbocycles. The summed E-state index contributed by atoms with van der Waals surface area (Å²) in [7, 11) is 0. The minimum absolute atomic E-state index is 0.255. The van der Waals surface area contributed by atoms with Crippen LogP contribution in [0.25, 0.3) is 0 Å². The Morgan fingerprint density at radius 3 is 2.57 bits per heavy atom. The molecule has 0 radical (unpaired) electrons. The number of rotatable bonds is 2. The molecule has 0 aliphatic heterocycles. The minimum Gasteiger partial charge on any atom is -0.477 e. The highest BCUT2D eigenvalue weighted by molar-refractivity contribution is 8.10. The highest BCUT2D eigenvalue weighted by Gasteiger charge is 1.82. The maximum Gasteiger partial charge on any atom is 0.216 e. The van der Waals surface area contributed by atoms with Gasteiger partial charge in [0.2, 0.25) is 4.38 Å². The van der Waals surface area contributed by atoms with Crippen LogP contribution in [0.1, 0.15) is 0 Å². The molecule has 2 N–H and O–H groups in total. The van der Waals surface area contributed by atoms with Gasteiger partial charge in [0.05, 0.1) is 0 Å². The van der Waals surface area contributed by atoms with Crippen molar-refractivity contribution in [1.82, 2.24) is 0 Å². The van der Waals surface area contributed by atoms with Crippen molar-refractivity contribution in [3.05, 3.63) is 0 Å². The molecular formula is C3H7NOS2. The lowest BCUT2D eigenvalue weighted by molar-refractivity contribution is 0.334. The fraction of sp³-hybridized carbons (Fsp3) is 0.667. The monoisotopic (exact) mass is 137 g/mol. The summed E-state index contributed by atoms with van der Waals surface area (Å²) < 4.78 is 4.92. The molecule has 0 fully saturated rings. The van der Waals surface area contributed by atoms with Gasteiger partial charge in [0.1, 0.15) is 6.61 Å². The van der Waals surface area contributed by atoms with Crippen LogP contribution < -0.4 is 5.73 Å². The van der Waals surface area contributed by atoms with Crippen LogP contribution in [0.4, 0.5) is 0 Å². The molecule has 0 aromatic carbocycles. The average Bonchev–Trinajstić information content (AvgIpc) is 1.61. The van der Waals surface area contributed by atoms with Crippen LogP contribution in [-0.4, -0.2) is 17.5 Å². The van der Waals surface area contributed by atoms with Crippen molar-refractivity contribution in [1.29, 1.82) is 0 Å². The molecule has 4 heteroatoms. The van der Waals surface area contributed by atoms with E-state index in [-0.39, 0.29) is 4.38 Å². The van der Waals surface area contributed by atoms with Crippen molar-refractivity contribution in [2.75, 3.05) is 13.2 Å². The van der Waals surface area contributed by atoms with E-state index in [1.807, 2.05) is 0 Å². The van der Waals surface area contributed by atoms with Gasteiger partial charge >= 0.3 is 0 Å². The van der Waals surface area contributed by atoms with Crippen molar-refractivity contribution < 1.29 is 4.74 Å². The zero-order chi connectivity index (χ0) is 5.70. The predicted octanol–water partition coefficient (Wildman–Crippen LogP) is 0.176. The minimum atomic E-state index is 0.255. The smallest absolute Gasteiger partial charge is 0.216 e. The van der Waals surface area contributed by atoms with Crippen molar-refractivity contribution in [3.8, 4) is 0 Å². The number of nitrogens with two attached hydrogens (primary N) is 1. The Morgan fingerprint density at radius 2 is 2.43 bits per heavy atom. The Balaban J connectivity index is 2.82. The van der Waals surface area contributed by atoms with Gasteiger partial charge in [-0.3, -0.25) is 0 Å². The normalized spacial score (nSPS) is 8.29. The van der Waals surface area contributed by atoms with Crippen LogP contribution in [0, 0.1) is 0 Å². The first kappa shape index (κ1) is 7.20. The molecule has 0 aromatic heterocycles. The van der Waals surface area contributed by atoms with Crippen molar-refractivity contribution in [3.63, 3.8) is 0 Å². The van der Waals surface area contributed by atoms with Crippen LogP contribution in [0.3, 0.4) is 0 Å². The molecule has 0 rings (SSSR count). The lowest BCUT2D eigenvalue weighted by Gasteiger charge is -1.96. The number of ether oxygens (including phenoxy) is 1. The van der Waals surface area contributed by atoms with E-state index >= 15 is 0 Å². The molecule has 2 nitrogen and oxygen atoms in total. The number of thiol groups is 1. The van der Waals surface area contributed by atoms with E-state index in [2.05, 4.69) is 29.6 Å². The Hall–Kier alpha value is 0.200. The van der Waals surface area contributed by atoms with E-state index in [0.29, 0.717) is 13.2 Å². The quantitative estimate of drug-likeness (QED) is 0.421. The molecule has 0 aromatic rings. The standard InChI is InChI=1S/C3H7NOS2/c4-1-2-5-3(6)7/h1-2,4H2,(H,6,7). The molecule has 0 bridgehead atoms. The zero-order valence-corrected chi connectivity index (χ0v) is 5.47. The second kappa shape index (κ2) is 4.36. The fourth-order valence-electron chi connectivity index (χ4n) is 0.146. The highest BCUT2D eigenvalue weighted by atomic mass is 32.1. The summed E-state index contributed by atoms with van der Waals surface area (Å²) >= 11 is 8.13. The third kappa shape index (κ3) is 6.20. The third-order valence-corrected chi connectivity index (χ3v) is 0.590. The first-order chi connectivity index (χ1) is 3.27. The van der Waals surface area contributed by atoms with Gasteiger partial charge in [-0.15, -0.1) is 0 Å². The summed E-state index contributed by atoms with van der Waals surface area (Å²) in [5, 5.41) is 0. The van der Waals surface area contributed by atoms with E-state index in [1.165, 1.54) is 0 Å². The largest absolute Gasteiger partial charge is 0.477 e. The second-order valence-electron chi connectivity index (χ2n) is 0.903. The summed E-state index contributed by atoms with van der Waals surface area (Å²) in [5.41, 5.74) is 5.06. The topological polar surface area (TPSA) is 35.2 Å². The van der Waals surface area contributed by atoms with Gasteiger partial charge in [-0.05, 0) is 12.2 Å². The predicted molar refractivity (Wildman–Crippen MR) is 36.6 cm³/mol. The Kier molecular flexibility index (Phi) is 4.49. The van der Waals surface area contributed by atoms with E-state index in [0.717, 1.165) is 0 Å². The molecule has 0 unspecified atom stereocenters. The molecule has 0 amide bonds. The average molecular weight is 137 g/mol. The van der Waals surface area contributed by atoms with E-state index in [1.54, 1.807) is 0 Å². The maximum absolute atomic E-state index is 5.06. The summed E-state index contributed by atoms with van der Waals surface area (Å²) in [6.07, 6.45) is 0. The van der Waals surface area contributed by atoms with Gasteiger partial charge in [0.15, 0.2) is 0 Å². The molecule has 0 aliphatic carbocycles. The van der Waals surface area contributed by atoms with Gasteiger partial charge in [-0.25, -0.2) is 0 Å². The summed E-state index contributed by atoms with van der Waals surface area (Å²) in [5.74, 6) is 0. The van der Waals surface area contributed by atoms with Crippen LogP contribution >= 0.6 is 24.8 Å². The third-order valence-electron chi connectivity index (χ3n) is 0.343. The van der Waals surface area contributed by atoms with Crippen molar-refractivity contribution in [2.24, 2.45) is 5.73 Å². The van der Waals surface area contributed by atoms with Crippen LogP contribution in [0.2, 0.25) is 0 Å². The zero-order valence-electron chi connectivity index (χ0n) is 3.76. The van der Waals surface area contributed by atoms with Crippen LogP contribution in [0.5, 0.6) is 0 Å². The Labute approximate surface area is 53.4 Å². The number of hydrogen-bond acceptors (Lipinski definition) is 3. The van der Waals surface area contributed by atoms with E-state index < -0.39 is 0 Å². The maximum atomic E-state index is 5.06. The van der Waals surface area contributed by atoms with Gasteiger partial charge in [0, 0.05) is 6.54 Å². The molecule has 0 atom stereocenters. The number of hydrogen-bond donors (Lipinski definition) is 2. The lowest BCUT2D eigenvalue weighted by atomic mass is 10.7. The van der Waals surface area contributed by atoms with Crippen molar-refractivity contribution in [2.45, 2.75) is 0 Å². The van der Waals surface area contributed by atoms with Gasteiger partial charge in [-0.1, -0.05) is 12.6 Å². The number of thiocarbonyl (C=S) groups is 1. The van der Waals surface area contributed by atoms with Crippen LogP contribution in [-0.2, 0) is 4.74 Å². The first-order valence-electron chi connectivity index (χ1n) is 1.83. The molecule has 0 aliphatic rings. The second-order valence-corrected chi connectivity index (χ2v) is 1.98. The molecule has 0 heterocycles. The molecule has 0 spiro atoms. The highest BCUT2D eigenvalue weighted by Crippen LogP contribution is 1.83. The molecule has 7 heavy (non-hydrogen) atoms. The summed E-state index contributed by atoms with van der Waals surface area (Å²) in [6, 6.07) is 0. The van der Waals surface area contributed by atoms with Gasteiger partial charge in [0.25, 0.3) is 0 Å². The molecule has 42 valence electrons. The fourth-order valence-corrected chi connectivity index (χ4v) is 0.321. The SMILES string of the molecule is NCCOC(=S)S. The van der Waals surface area contributed by atoms with Crippen molar-refractivity contribution >= 4 is 29.2 Å².